The highest BCUT2D eigenvalue weighted by Gasteiger charge is 2.17. The van der Waals surface area contributed by atoms with Gasteiger partial charge in [0, 0.05) is 0 Å². The van der Waals surface area contributed by atoms with Crippen LogP contribution in [0.3, 0.4) is 0 Å². The first-order valence-electron chi connectivity index (χ1n) is 4.31. The molecule has 2 atom stereocenters. The molecule has 0 saturated carbocycles. The van der Waals surface area contributed by atoms with E-state index < -0.39 is 0 Å². The Labute approximate surface area is 86.7 Å². The first-order chi connectivity index (χ1) is 5.79. The van der Waals surface area contributed by atoms with Gasteiger partial charge in [0.05, 0.1) is 0 Å². The van der Waals surface area contributed by atoms with Crippen LogP contribution in [0.15, 0.2) is 0 Å². The van der Waals surface area contributed by atoms with Crippen LogP contribution in [0.1, 0.15) is 0 Å². The lowest BCUT2D eigenvalue weighted by atomic mass is 9.95. The van der Waals surface area contributed by atoms with Crippen molar-refractivity contribution in [3.05, 3.63) is 0 Å². The average Bonchev–Trinajstić information content (AvgIpc) is 2.11. The molecule has 0 amide bonds. The van der Waals surface area contributed by atoms with Crippen LogP contribution in [0, 0.1) is 11.8 Å². The zero-order valence-corrected chi connectivity index (χ0v) is 9.67. The van der Waals surface area contributed by atoms with Crippen LogP contribution in [0.2, 0.25) is 0 Å². The summed E-state index contributed by atoms with van der Waals surface area (Å²) in [6.45, 7) is 2.05. The minimum atomic E-state index is 0.614. The maximum absolute atomic E-state index is 4.33. The highest BCUT2D eigenvalue weighted by Crippen LogP contribution is 2.13. The van der Waals surface area contributed by atoms with Gasteiger partial charge in [-0.15, -0.1) is 0 Å². The van der Waals surface area contributed by atoms with E-state index in [4.69, 9.17) is 0 Å². The summed E-state index contributed by atoms with van der Waals surface area (Å²) in [5.74, 6) is 3.08. The molecular weight excluding hydrogens is 188 g/mol. The lowest BCUT2D eigenvalue weighted by Gasteiger charge is -2.23. The zero-order chi connectivity index (χ0) is 9.40. The fourth-order valence-corrected chi connectivity index (χ4v) is 2.14. The fraction of sp³-hybridized carbons (Fsp3) is 1.00. The zero-order valence-electron chi connectivity index (χ0n) is 7.88. The minimum absolute atomic E-state index is 0.614. The summed E-state index contributed by atoms with van der Waals surface area (Å²) in [7, 11) is 3.96. The quantitative estimate of drug-likeness (QED) is 0.459. The molecule has 0 aliphatic rings. The standard InChI is InChI=1S/C8H20N2S2/c1-9-3-7(5-11)8(6-12)4-10-2/h7-12H,3-6H2,1-2H3. The third kappa shape index (κ3) is 4.60. The van der Waals surface area contributed by atoms with Gasteiger partial charge >= 0.3 is 0 Å². The van der Waals surface area contributed by atoms with E-state index >= 15 is 0 Å². The monoisotopic (exact) mass is 208 g/mol. The highest BCUT2D eigenvalue weighted by molar-refractivity contribution is 7.80. The van der Waals surface area contributed by atoms with Crippen LogP contribution >= 0.6 is 25.3 Å². The summed E-state index contributed by atoms with van der Waals surface area (Å²) in [5, 5.41) is 6.36. The van der Waals surface area contributed by atoms with Gasteiger partial charge in [0.2, 0.25) is 0 Å². The Bertz CT molecular complexity index is 89.1. The van der Waals surface area contributed by atoms with Crippen molar-refractivity contribution in [3.63, 3.8) is 0 Å². The first kappa shape index (κ1) is 12.6. The fourth-order valence-electron chi connectivity index (χ4n) is 1.28. The molecule has 0 aromatic heterocycles. The van der Waals surface area contributed by atoms with Crippen molar-refractivity contribution >= 4 is 25.3 Å². The Morgan fingerprint density at radius 3 is 1.42 bits per heavy atom. The van der Waals surface area contributed by atoms with Gasteiger partial charge in [0.25, 0.3) is 0 Å². The largest absolute Gasteiger partial charge is 0.319 e. The summed E-state index contributed by atoms with van der Waals surface area (Å²) >= 11 is 8.67. The molecule has 0 aliphatic heterocycles. The molecule has 0 rings (SSSR count). The van der Waals surface area contributed by atoms with E-state index in [-0.39, 0.29) is 0 Å². The molecule has 0 aliphatic carbocycles. The van der Waals surface area contributed by atoms with Crippen LogP contribution in [-0.4, -0.2) is 38.7 Å². The normalized spacial score (nSPS) is 16.0. The van der Waals surface area contributed by atoms with Crippen LogP contribution in [-0.2, 0) is 0 Å². The van der Waals surface area contributed by atoms with Crippen molar-refractivity contribution in [1.82, 2.24) is 10.6 Å². The van der Waals surface area contributed by atoms with Crippen molar-refractivity contribution < 1.29 is 0 Å². The molecule has 0 heterocycles. The van der Waals surface area contributed by atoms with E-state index in [1.807, 2.05) is 14.1 Å². The van der Waals surface area contributed by atoms with Gasteiger partial charge in [-0.3, -0.25) is 0 Å². The van der Waals surface area contributed by atoms with E-state index in [0.29, 0.717) is 11.8 Å². The van der Waals surface area contributed by atoms with Crippen molar-refractivity contribution in [2.75, 3.05) is 38.7 Å². The molecule has 0 bridgehead atoms. The number of thiol groups is 2. The molecule has 12 heavy (non-hydrogen) atoms. The summed E-state index contributed by atoms with van der Waals surface area (Å²) in [5.41, 5.74) is 0. The van der Waals surface area contributed by atoms with Gasteiger partial charge in [-0.2, -0.15) is 25.3 Å². The summed E-state index contributed by atoms with van der Waals surface area (Å²) in [6.07, 6.45) is 0. The molecule has 74 valence electrons. The molecule has 2 N–H and O–H groups in total. The Morgan fingerprint density at radius 2 is 1.25 bits per heavy atom. The third-order valence-corrected chi connectivity index (χ3v) is 3.01. The topological polar surface area (TPSA) is 24.1 Å². The molecule has 0 spiro atoms. The second-order valence-electron chi connectivity index (χ2n) is 3.00. The van der Waals surface area contributed by atoms with Gasteiger partial charge in [-0.1, -0.05) is 0 Å². The molecule has 0 saturated heterocycles. The highest BCUT2D eigenvalue weighted by atomic mass is 32.1. The Balaban J connectivity index is 3.84. The summed E-state index contributed by atoms with van der Waals surface area (Å²) < 4.78 is 0. The first-order valence-corrected chi connectivity index (χ1v) is 5.57. The Kier molecular flexibility index (Phi) is 8.65. The summed E-state index contributed by atoms with van der Waals surface area (Å²) in [6, 6.07) is 0. The molecule has 2 unspecified atom stereocenters. The van der Waals surface area contributed by atoms with Crippen LogP contribution in [0.5, 0.6) is 0 Å². The number of nitrogens with one attached hydrogen (secondary N) is 2. The number of rotatable bonds is 7. The van der Waals surface area contributed by atoms with Gasteiger partial charge in [-0.25, -0.2) is 0 Å². The minimum Gasteiger partial charge on any atom is -0.319 e. The van der Waals surface area contributed by atoms with Crippen molar-refractivity contribution in [2.45, 2.75) is 0 Å². The van der Waals surface area contributed by atoms with E-state index in [9.17, 15) is 0 Å². The lowest BCUT2D eigenvalue weighted by molar-refractivity contribution is 0.380. The van der Waals surface area contributed by atoms with Gasteiger partial charge in [0.1, 0.15) is 0 Å². The van der Waals surface area contributed by atoms with E-state index in [1.54, 1.807) is 0 Å². The van der Waals surface area contributed by atoms with Crippen LogP contribution in [0.4, 0.5) is 0 Å². The molecule has 0 radical (unpaired) electrons. The molecule has 0 fully saturated rings. The molecule has 0 aromatic carbocycles. The Morgan fingerprint density at radius 1 is 0.917 bits per heavy atom. The predicted octanol–water partition coefficient (Wildman–Crippen LogP) is 0.517. The Hall–Kier alpha value is 0.620. The lowest BCUT2D eigenvalue weighted by Crippen LogP contribution is -2.34. The SMILES string of the molecule is CNCC(CS)C(CS)CNC. The van der Waals surface area contributed by atoms with E-state index in [2.05, 4.69) is 35.9 Å². The average molecular weight is 208 g/mol. The van der Waals surface area contributed by atoms with Gasteiger partial charge < -0.3 is 10.6 Å². The third-order valence-electron chi connectivity index (χ3n) is 2.07. The maximum atomic E-state index is 4.33. The number of hydrogen-bond donors (Lipinski definition) is 4. The summed E-state index contributed by atoms with van der Waals surface area (Å²) in [4.78, 5) is 0. The maximum Gasteiger partial charge on any atom is -0.00123 e. The molecule has 0 aromatic rings. The predicted molar refractivity (Wildman–Crippen MR) is 62.5 cm³/mol. The molecular formula is C8H20N2S2. The van der Waals surface area contributed by atoms with Crippen molar-refractivity contribution in [3.8, 4) is 0 Å². The van der Waals surface area contributed by atoms with Gasteiger partial charge in [0.15, 0.2) is 0 Å². The smallest absolute Gasteiger partial charge is 0.00123 e. The second-order valence-corrected chi connectivity index (χ2v) is 3.73. The van der Waals surface area contributed by atoms with Crippen molar-refractivity contribution in [2.24, 2.45) is 11.8 Å². The van der Waals surface area contributed by atoms with Gasteiger partial charge in [-0.05, 0) is 50.5 Å². The van der Waals surface area contributed by atoms with Crippen LogP contribution < -0.4 is 10.6 Å². The van der Waals surface area contributed by atoms with E-state index in [0.717, 1.165) is 24.6 Å². The molecule has 4 heteroatoms. The van der Waals surface area contributed by atoms with E-state index in [1.165, 1.54) is 0 Å². The second kappa shape index (κ2) is 8.23. The molecule has 2 nitrogen and oxygen atoms in total. The van der Waals surface area contributed by atoms with Crippen molar-refractivity contribution in [1.29, 1.82) is 0 Å². The van der Waals surface area contributed by atoms with Crippen LogP contribution in [0.25, 0.3) is 0 Å². The number of hydrogen-bond acceptors (Lipinski definition) is 4.